The van der Waals surface area contributed by atoms with Gasteiger partial charge in [0, 0.05) is 12.3 Å². The molecular formula is C9H12O. The van der Waals surface area contributed by atoms with Gasteiger partial charge in [-0.05, 0) is 25.2 Å². The maximum absolute atomic E-state index is 11.2. The molecule has 0 aromatic heterocycles. The molecule has 1 saturated carbocycles. The van der Waals surface area contributed by atoms with Crippen LogP contribution in [0.15, 0.2) is 12.2 Å². The molecule has 2 bridgehead atoms. The highest BCUT2D eigenvalue weighted by Crippen LogP contribution is 2.33. The van der Waals surface area contributed by atoms with Crippen molar-refractivity contribution in [2.24, 2.45) is 11.8 Å². The van der Waals surface area contributed by atoms with Crippen LogP contribution in [0.25, 0.3) is 0 Å². The number of hydrogen-bond donors (Lipinski definition) is 0. The molecule has 10 heavy (non-hydrogen) atoms. The van der Waals surface area contributed by atoms with E-state index in [2.05, 4.69) is 12.2 Å². The van der Waals surface area contributed by atoms with Crippen LogP contribution in [-0.4, -0.2) is 5.78 Å². The lowest BCUT2D eigenvalue weighted by molar-refractivity contribution is -0.125. The van der Waals surface area contributed by atoms with Crippen molar-refractivity contribution in [3.63, 3.8) is 0 Å². The van der Waals surface area contributed by atoms with Gasteiger partial charge in [0.15, 0.2) is 0 Å². The standard InChI is InChI=1S/C9H12O/c10-9-5-4-7-2-1-3-8(9)6-7/h1-2,7-8H,3-6H2. The molecule has 0 radical (unpaired) electrons. The van der Waals surface area contributed by atoms with E-state index in [0.717, 1.165) is 31.6 Å². The Labute approximate surface area is 61.1 Å². The van der Waals surface area contributed by atoms with Gasteiger partial charge in [-0.3, -0.25) is 4.79 Å². The summed E-state index contributed by atoms with van der Waals surface area (Å²) >= 11 is 0. The molecule has 1 heteroatoms. The molecule has 0 heterocycles. The van der Waals surface area contributed by atoms with Crippen LogP contribution in [0.4, 0.5) is 0 Å². The van der Waals surface area contributed by atoms with Crippen molar-refractivity contribution in [2.75, 3.05) is 0 Å². The Morgan fingerprint density at radius 2 is 2.40 bits per heavy atom. The fraction of sp³-hybridized carbons (Fsp3) is 0.667. The summed E-state index contributed by atoms with van der Waals surface area (Å²) in [6.07, 6.45) is 8.54. The summed E-state index contributed by atoms with van der Waals surface area (Å²) in [5.74, 6) is 1.63. The predicted octanol–water partition coefficient (Wildman–Crippen LogP) is 1.93. The van der Waals surface area contributed by atoms with E-state index >= 15 is 0 Å². The van der Waals surface area contributed by atoms with Gasteiger partial charge >= 0.3 is 0 Å². The Morgan fingerprint density at radius 3 is 3.20 bits per heavy atom. The van der Waals surface area contributed by atoms with Gasteiger partial charge in [0.05, 0.1) is 0 Å². The minimum atomic E-state index is 0.392. The first kappa shape index (κ1) is 6.14. The zero-order valence-electron chi connectivity index (χ0n) is 6.05. The van der Waals surface area contributed by atoms with E-state index in [1.165, 1.54) is 0 Å². The number of allylic oxidation sites excluding steroid dienone is 2. The smallest absolute Gasteiger partial charge is 0.136 e. The van der Waals surface area contributed by atoms with E-state index in [9.17, 15) is 4.79 Å². The van der Waals surface area contributed by atoms with Gasteiger partial charge in [0.25, 0.3) is 0 Å². The Kier molecular flexibility index (Phi) is 1.37. The van der Waals surface area contributed by atoms with Crippen LogP contribution in [0.1, 0.15) is 25.7 Å². The molecule has 0 N–H and O–H groups in total. The second-order valence-electron chi connectivity index (χ2n) is 3.36. The first-order chi connectivity index (χ1) is 4.86. The molecule has 54 valence electrons. The molecule has 0 aliphatic heterocycles. The SMILES string of the molecule is O=C1CCC2C=CCC1C2. The van der Waals surface area contributed by atoms with E-state index < -0.39 is 0 Å². The highest BCUT2D eigenvalue weighted by Gasteiger charge is 2.28. The molecule has 0 spiro atoms. The second-order valence-corrected chi connectivity index (χ2v) is 3.36. The number of carbonyl (C=O) groups excluding carboxylic acids is 1. The number of rotatable bonds is 0. The van der Waals surface area contributed by atoms with Crippen molar-refractivity contribution >= 4 is 5.78 Å². The zero-order valence-corrected chi connectivity index (χ0v) is 6.05. The van der Waals surface area contributed by atoms with E-state index in [0.29, 0.717) is 11.7 Å². The minimum Gasteiger partial charge on any atom is -0.299 e. The lowest BCUT2D eigenvalue weighted by Crippen LogP contribution is -2.25. The third kappa shape index (κ3) is 0.898. The van der Waals surface area contributed by atoms with E-state index in [1.54, 1.807) is 0 Å². The minimum absolute atomic E-state index is 0.392. The van der Waals surface area contributed by atoms with Crippen molar-refractivity contribution in [1.29, 1.82) is 0 Å². The lowest BCUT2D eigenvalue weighted by Gasteiger charge is -2.28. The topological polar surface area (TPSA) is 17.1 Å². The van der Waals surface area contributed by atoms with Crippen LogP contribution in [-0.2, 0) is 4.79 Å². The molecular weight excluding hydrogens is 124 g/mol. The van der Waals surface area contributed by atoms with Gasteiger partial charge in [-0.2, -0.15) is 0 Å². The lowest BCUT2D eigenvalue weighted by atomic mass is 9.75. The van der Waals surface area contributed by atoms with Crippen LogP contribution in [0.2, 0.25) is 0 Å². The molecule has 1 nitrogen and oxygen atoms in total. The molecule has 0 aromatic carbocycles. The molecule has 0 saturated heterocycles. The summed E-state index contributed by atoms with van der Waals surface area (Å²) in [6.45, 7) is 0. The van der Waals surface area contributed by atoms with Crippen molar-refractivity contribution < 1.29 is 4.79 Å². The molecule has 2 aliphatic carbocycles. The van der Waals surface area contributed by atoms with Crippen LogP contribution in [0.5, 0.6) is 0 Å². The predicted molar refractivity (Wildman–Crippen MR) is 39.6 cm³/mol. The van der Waals surface area contributed by atoms with E-state index in [-0.39, 0.29) is 0 Å². The van der Waals surface area contributed by atoms with E-state index in [1.807, 2.05) is 0 Å². The summed E-state index contributed by atoms with van der Waals surface area (Å²) in [5, 5.41) is 0. The van der Waals surface area contributed by atoms with Gasteiger partial charge < -0.3 is 0 Å². The molecule has 2 atom stereocenters. The number of ketones is 1. The van der Waals surface area contributed by atoms with Crippen LogP contribution >= 0.6 is 0 Å². The number of Topliss-reactive ketones (excluding diaryl/α,β-unsaturated/α-hetero) is 1. The monoisotopic (exact) mass is 136 g/mol. The van der Waals surface area contributed by atoms with Crippen LogP contribution in [0.3, 0.4) is 0 Å². The maximum Gasteiger partial charge on any atom is 0.136 e. The third-order valence-electron chi connectivity index (χ3n) is 2.63. The zero-order chi connectivity index (χ0) is 6.97. The fourth-order valence-corrected chi connectivity index (χ4v) is 1.98. The van der Waals surface area contributed by atoms with Gasteiger partial charge in [-0.1, -0.05) is 12.2 Å². The normalized spacial score (nSPS) is 38.2. The highest BCUT2D eigenvalue weighted by molar-refractivity contribution is 5.82. The number of carbonyl (C=O) groups is 1. The summed E-state index contributed by atoms with van der Waals surface area (Å²) in [5.41, 5.74) is 0. The molecule has 2 aliphatic rings. The average Bonchev–Trinajstić information content (AvgIpc) is 1.99. The highest BCUT2D eigenvalue weighted by atomic mass is 16.1. The van der Waals surface area contributed by atoms with Crippen LogP contribution < -0.4 is 0 Å². The molecule has 2 rings (SSSR count). The number of hydrogen-bond acceptors (Lipinski definition) is 1. The van der Waals surface area contributed by atoms with E-state index in [4.69, 9.17) is 0 Å². The van der Waals surface area contributed by atoms with Gasteiger partial charge in [-0.15, -0.1) is 0 Å². The van der Waals surface area contributed by atoms with Crippen LogP contribution in [0, 0.1) is 11.8 Å². The molecule has 0 aromatic rings. The Balaban J connectivity index is 2.18. The summed E-state index contributed by atoms with van der Waals surface area (Å²) < 4.78 is 0. The fourth-order valence-electron chi connectivity index (χ4n) is 1.98. The van der Waals surface area contributed by atoms with Gasteiger partial charge in [0.1, 0.15) is 5.78 Å². The van der Waals surface area contributed by atoms with Crippen molar-refractivity contribution in [3.8, 4) is 0 Å². The summed E-state index contributed by atoms with van der Waals surface area (Å²) in [4.78, 5) is 11.2. The second kappa shape index (κ2) is 2.22. The van der Waals surface area contributed by atoms with Crippen molar-refractivity contribution in [1.82, 2.24) is 0 Å². The molecule has 0 amide bonds. The van der Waals surface area contributed by atoms with Crippen molar-refractivity contribution in [2.45, 2.75) is 25.7 Å². The quantitative estimate of drug-likeness (QED) is 0.465. The first-order valence-electron chi connectivity index (χ1n) is 4.05. The summed E-state index contributed by atoms with van der Waals surface area (Å²) in [7, 11) is 0. The van der Waals surface area contributed by atoms with Gasteiger partial charge in [0.2, 0.25) is 0 Å². The Bertz CT molecular complexity index is 181. The molecule has 2 unspecified atom stereocenters. The maximum atomic E-state index is 11.2. The van der Waals surface area contributed by atoms with Crippen molar-refractivity contribution in [3.05, 3.63) is 12.2 Å². The Hall–Kier alpha value is -0.590. The first-order valence-corrected chi connectivity index (χ1v) is 4.05. The largest absolute Gasteiger partial charge is 0.299 e. The molecule has 1 fully saturated rings. The third-order valence-corrected chi connectivity index (χ3v) is 2.63. The van der Waals surface area contributed by atoms with Gasteiger partial charge in [-0.25, -0.2) is 0 Å². The Morgan fingerprint density at radius 1 is 1.50 bits per heavy atom. The summed E-state index contributed by atoms with van der Waals surface area (Å²) in [6, 6.07) is 0. The average molecular weight is 136 g/mol. The number of fused-ring (bicyclic) bond motifs is 2.